The molecule has 0 aliphatic carbocycles. The Bertz CT molecular complexity index is 546. The van der Waals surface area contributed by atoms with Crippen molar-refractivity contribution >= 4 is 45.0 Å². The Morgan fingerprint density at radius 1 is 1.40 bits per heavy atom. The third-order valence-electron chi connectivity index (χ3n) is 3.18. The summed E-state index contributed by atoms with van der Waals surface area (Å²) >= 11 is 5.76. The number of nitrogens with zero attached hydrogens (tertiary/aromatic N) is 3. The van der Waals surface area contributed by atoms with Crippen LogP contribution >= 0.6 is 34.9 Å². The van der Waals surface area contributed by atoms with E-state index in [9.17, 15) is 0 Å². The lowest BCUT2D eigenvalue weighted by atomic mass is 9.93. The topological polar surface area (TPSA) is 42.2 Å². The lowest BCUT2D eigenvalue weighted by Crippen LogP contribution is -2.23. The number of hydrogen-bond donors (Lipinski definition) is 1. The van der Waals surface area contributed by atoms with Crippen LogP contribution in [0.15, 0.2) is 6.20 Å². The van der Waals surface area contributed by atoms with Gasteiger partial charge in [0, 0.05) is 34.5 Å². The van der Waals surface area contributed by atoms with Crippen molar-refractivity contribution < 1.29 is 0 Å². The van der Waals surface area contributed by atoms with Gasteiger partial charge in [-0.2, -0.15) is 23.5 Å². The number of nitrogens with one attached hydrogen (secondary N) is 1. The van der Waals surface area contributed by atoms with Crippen LogP contribution in [0.5, 0.6) is 0 Å². The Hall–Kier alpha value is -0.400. The maximum Gasteiger partial charge on any atom is 0.214 e. The number of rotatable bonds is 3. The van der Waals surface area contributed by atoms with E-state index in [0.29, 0.717) is 5.25 Å². The molecule has 0 spiro atoms. The fraction of sp³-hybridized carbons (Fsp3) is 0.692. The number of imidazole rings is 1. The molecule has 1 aliphatic heterocycles. The second-order valence-corrected chi connectivity index (χ2v) is 9.47. The average Bonchev–Trinajstić information content (AvgIpc) is 2.95. The summed E-state index contributed by atoms with van der Waals surface area (Å²) in [5.74, 6) is 3.81. The molecule has 1 N–H and O–H groups in total. The second-order valence-electron chi connectivity index (χ2n) is 5.96. The standard InChI is InChI=1S/C13H20N4S3/c1-13(2,3)10-7-17-12(15-10)20-11(16-17)14-6-9-8-18-4-5-19-9/h7,9H,4-6,8H2,1-3H3,(H,14,16). The number of hydrogen-bond acceptors (Lipinski definition) is 6. The zero-order valence-electron chi connectivity index (χ0n) is 12.0. The van der Waals surface area contributed by atoms with E-state index in [1.54, 1.807) is 11.3 Å². The number of thioether (sulfide) groups is 2. The molecule has 2 aromatic rings. The van der Waals surface area contributed by atoms with E-state index in [-0.39, 0.29) is 5.41 Å². The normalized spacial score (nSPS) is 20.4. The highest BCUT2D eigenvalue weighted by Crippen LogP contribution is 2.27. The monoisotopic (exact) mass is 328 g/mol. The highest BCUT2D eigenvalue weighted by molar-refractivity contribution is 8.06. The Morgan fingerprint density at radius 3 is 2.90 bits per heavy atom. The van der Waals surface area contributed by atoms with Gasteiger partial charge < -0.3 is 5.32 Å². The molecule has 1 aliphatic rings. The van der Waals surface area contributed by atoms with E-state index >= 15 is 0 Å². The molecule has 4 nitrogen and oxygen atoms in total. The van der Waals surface area contributed by atoms with Crippen molar-refractivity contribution in [3.8, 4) is 0 Å². The largest absolute Gasteiger partial charge is 0.359 e. The van der Waals surface area contributed by atoms with E-state index in [1.807, 2.05) is 10.7 Å². The van der Waals surface area contributed by atoms with Crippen molar-refractivity contribution in [3.63, 3.8) is 0 Å². The molecule has 3 heterocycles. The van der Waals surface area contributed by atoms with Gasteiger partial charge in [0.25, 0.3) is 0 Å². The van der Waals surface area contributed by atoms with Gasteiger partial charge in [-0.05, 0) is 0 Å². The minimum Gasteiger partial charge on any atom is -0.359 e. The van der Waals surface area contributed by atoms with Crippen molar-refractivity contribution in [3.05, 3.63) is 11.9 Å². The van der Waals surface area contributed by atoms with Crippen molar-refractivity contribution in [1.82, 2.24) is 14.6 Å². The Balaban J connectivity index is 1.66. The first-order chi connectivity index (χ1) is 9.52. The summed E-state index contributed by atoms with van der Waals surface area (Å²) in [6.07, 6.45) is 2.04. The molecule has 20 heavy (non-hydrogen) atoms. The summed E-state index contributed by atoms with van der Waals surface area (Å²) in [4.78, 5) is 5.64. The quantitative estimate of drug-likeness (QED) is 0.936. The highest BCUT2D eigenvalue weighted by Gasteiger charge is 2.20. The van der Waals surface area contributed by atoms with Crippen LogP contribution in [0.1, 0.15) is 26.5 Å². The number of fused-ring (bicyclic) bond motifs is 1. The molecule has 110 valence electrons. The summed E-state index contributed by atoms with van der Waals surface area (Å²) in [7, 11) is 0. The molecule has 0 bridgehead atoms. The molecule has 0 radical (unpaired) electrons. The van der Waals surface area contributed by atoms with Crippen molar-refractivity contribution in [1.29, 1.82) is 0 Å². The predicted octanol–water partition coefficient (Wildman–Crippen LogP) is 3.35. The first kappa shape index (κ1) is 14.5. The van der Waals surface area contributed by atoms with Gasteiger partial charge in [-0.25, -0.2) is 9.50 Å². The third-order valence-corrected chi connectivity index (χ3v) is 6.90. The van der Waals surface area contributed by atoms with E-state index in [1.165, 1.54) is 17.3 Å². The summed E-state index contributed by atoms with van der Waals surface area (Å²) in [5.41, 5.74) is 1.18. The van der Waals surface area contributed by atoms with Gasteiger partial charge in [0.15, 0.2) is 0 Å². The van der Waals surface area contributed by atoms with Gasteiger partial charge in [0.2, 0.25) is 10.1 Å². The van der Waals surface area contributed by atoms with Crippen LogP contribution in [-0.2, 0) is 5.41 Å². The number of aromatic nitrogens is 3. The van der Waals surface area contributed by atoms with E-state index in [4.69, 9.17) is 0 Å². The summed E-state index contributed by atoms with van der Waals surface area (Å²) in [5, 5.41) is 9.72. The van der Waals surface area contributed by atoms with Crippen LogP contribution in [0.3, 0.4) is 0 Å². The van der Waals surface area contributed by atoms with Crippen LogP contribution in [-0.4, -0.2) is 43.7 Å². The molecule has 1 atom stereocenters. The average molecular weight is 329 g/mol. The van der Waals surface area contributed by atoms with Crippen molar-refractivity contribution in [2.45, 2.75) is 31.4 Å². The van der Waals surface area contributed by atoms with Gasteiger partial charge in [0.05, 0.1) is 11.9 Å². The third kappa shape index (κ3) is 3.26. The van der Waals surface area contributed by atoms with Gasteiger partial charge >= 0.3 is 0 Å². The van der Waals surface area contributed by atoms with Crippen molar-refractivity contribution in [2.24, 2.45) is 0 Å². The van der Waals surface area contributed by atoms with Crippen molar-refractivity contribution in [2.75, 3.05) is 29.1 Å². The zero-order chi connectivity index (χ0) is 14.2. The Morgan fingerprint density at radius 2 is 2.25 bits per heavy atom. The molecule has 1 saturated heterocycles. The number of anilines is 1. The molecule has 0 amide bonds. The predicted molar refractivity (Wildman–Crippen MR) is 91.6 cm³/mol. The van der Waals surface area contributed by atoms with Crippen LogP contribution < -0.4 is 5.32 Å². The summed E-state index contributed by atoms with van der Waals surface area (Å²) in [6.45, 7) is 7.53. The first-order valence-corrected chi connectivity index (χ1v) is 9.84. The van der Waals surface area contributed by atoms with Gasteiger partial charge in [-0.15, -0.1) is 5.10 Å². The Kier molecular flexibility index (Phi) is 4.19. The maximum absolute atomic E-state index is 4.67. The molecule has 7 heteroatoms. The van der Waals surface area contributed by atoms with E-state index < -0.39 is 0 Å². The molecule has 0 saturated carbocycles. The van der Waals surface area contributed by atoms with Gasteiger partial charge in [-0.1, -0.05) is 32.1 Å². The summed E-state index contributed by atoms with van der Waals surface area (Å²) < 4.78 is 1.90. The van der Waals surface area contributed by atoms with E-state index in [2.05, 4.69) is 59.7 Å². The van der Waals surface area contributed by atoms with Crippen LogP contribution in [0.2, 0.25) is 0 Å². The molecular weight excluding hydrogens is 308 g/mol. The van der Waals surface area contributed by atoms with Gasteiger partial charge in [0.1, 0.15) is 0 Å². The van der Waals surface area contributed by atoms with Crippen LogP contribution in [0.25, 0.3) is 4.96 Å². The molecule has 1 fully saturated rings. The fourth-order valence-corrected chi connectivity index (χ4v) is 5.39. The minimum atomic E-state index is 0.0803. The fourth-order valence-electron chi connectivity index (χ4n) is 1.99. The van der Waals surface area contributed by atoms with Crippen LogP contribution in [0.4, 0.5) is 5.13 Å². The molecular formula is C13H20N4S3. The maximum atomic E-state index is 4.67. The minimum absolute atomic E-state index is 0.0803. The van der Waals surface area contributed by atoms with Gasteiger partial charge in [-0.3, -0.25) is 0 Å². The lowest BCUT2D eigenvalue weighted by molar-refractivity contribution is 0.572. The van der Waals surface area contributed by atoms with Crippen LogP contribution in [0, 0.1) is 0 Å². The SMILES string of the molecule is CC(C)(C)c1cn2nc(NCC3CSCCS3)sc2n1. The molecule has 1 unspecified atom stereocenters. The first-order valence-electron chi connectivity index (χ1n) is 6.82. The Labute approximate surface area is 132 Å². The highest BCUT2D eigenvalue weighted by atomic mass is 32.2. The molecule has 0 aromatic carbocycles. The summed E-state index contributed by atoms with van der Waals surface area (Å²) in [6, 6.07) is 0. The molecule has 2 aromatic heterocycles. The van der Waals surface area contributed by atoms with E-state index in [0.717, 1.165) is 22.3 Å². The second kappa shape index (κ2) is 5.77. The molecule has 3 rings (SSSR count). The smallest absolute Gasteiger partial charge is 0.214 e. The lowest BCUT2D eigenvalue weighted by Gasteiger charge is -2.20. The zero-order valence-corrected chi connectivity index (χ0v) is 14.5.